The molecule has 10 nitrogen and oxygen atoms in total. The van der Waals surface area contributed by atoms with Gasteiger partial charge in [0, 0.05) is 18.3 Å². The van der Waals surface area contributed by atoms with E-state index in [2.05, 4.69) is 25.6 Å². The topological polar surface area (TPSA) is 120 Å². The minimum atomic E-state index is -0.242. The van der Waals surface area contributed by atoms with Gasteiger partial charge >= 0.3 is 0 Å². The van der Waals surface area contributed by atoms with Crippen molar-refractivity contribution in [2.45, 2.75) is 13.2 Å². The number of hydrogen-bond acceptors (Lipinski definition) is 7. The summed E-state index contributed by atoms with van der Waals surface area (Å²) in [5, 5.41) is 11.2. The van der Waals surface area contributed by atoms with Crippen LogP contribution in [0.2, 0.25) is 4.34 Å². The number of benzene rings is 2. The summed E-state index contributed by atoms with van der Waals surface area (Å²) in [6.07, 6.45) is 3.40. The van der Waals surface area contributed by atoms with Crippen molar-refractivity contribution in [1.29, 1.82) is 0 Å². The molecule has 39 heavy (non-hydrogen) atoms. The number of thiophene rings is 1. The second-order valence-electron chi connectivity index (χ2n) is 8.49. The normalized spacial score (nSPS) is 11.1. The van der Waals surface area contributed by atoms with Crippen molar-refractivity contribution in [3.8, 4) is 17.1 Å². The predicted molar refractivity (Wildman–Crippen MR) is 148 cm³/mol. The quantitative estimate of drug-likeness (QED) is 0.284. The van der Waals surface area contributed by atoms with Crippen LogP contribution in [0.1, 0.15) is 21.2 Å². The molecule has 12 heteroatoms. The lowest BCUT2D eigenvalue weighted by molar-refractivity contribution is 0.0954. The van der Waals surface area contributed by atoms with E-state index in [0.717, 1.165) is 11.0 Å². The third kappa shape index (κ3) is 5.31. The number of carbonyl (C=O) groups excluding carboxylic acids is 1. The van der Waals surface area contributed by atoms with Crippen molar-refractivity contribution >= 4 is 39.9 Å². The number of rotatable bonds is 8. The zero-order valence-electron chi connectivity index (χ0n) is 20.2. The van der Waals surface area contributed by atoms with Crippen LogP contribution in [0.3, 0.4) is 0 Å². The first-order valence-corrected chi connectivity index (χ1v) is 13.1. The highest BCUT2D eigenvalue weighted by molar-refractivity contribution is 7.18. The van der Waals surface area contributed by atoms with Crippen LogP contribution in [0.4, 0.5) is 0 Å². The standard InChI is InChI=1S/C27H20ClN7O3S/c28-24-11-10-23(39-24)27(37)29-14-17-15-35(33-32-17)21-9-8-18(34-12-4-3-7-26(34)36)13-22(21)38-16-25-30-19-5-1-2-6-20(19)31-25/h1-13,15H,14,16H2,(H,29,37)(H,30,31). The Balaban J connectivity index is 1.27. The number of amides is 1. The van der Waals surface area contributed by atoms with Crippen molar-refractivity contribution in [1.82, 2.24) is 34.8 Å². The SMILES string of the molecule is O=C(NCc1cn(-c2ccc(-n3ccccc3=O)cc2OCc2nc3ccccc3[nH]2)nn1)c1ccc(Cl)s1. The fourth-order valence-corrected chi connectivity index (χ4v) is 4.97. The van der Waals surface area contributed by atoms with Crippen molar-refractivity contribution in [2.75, 3.05) is 0 Å². The van der Waals surface area contributed by atoms with Crippen molar-refractivity contribution in [3.05, 3.63) is 116 Å². The van der Waals surface area contributed by atoms with Gasteiger partial charge in [-0.05, 0) is 42.5 Å². The highest BCUT2D eigenvalue weighted by atomic mass is 35.5. The van der Waals surface area contributed by atoms with Gasteiger partial charge in [0.1, 0.15) is 29.6 Å². The van der Waals surface area contributed by atoms with Gasteiger partial charge in [-0.25, -0.2) is 9.67 Å². The number of hydrogen-bond donors (Lipinski definition) is 2. The Kier molecular flexibility index (Phi) is 6.66. The molecule has 4 heterocycles. The molecule has 0 aliphatic rings. The number of carbonyl (C=O) groups is 1. The Hall–Kier alpha value is -4.74. The molecule has 4 aromatic heterocycles. The molecule has 0 aliphatic carbocycles. The monoisotopic (exact) mass is 557 g/mol. The average molecular weight is 558 g/mol. The van der Waals surface area contributed by atoms with E-state index < -0.39 is 0 Å². The fraction of sp³-hybridized carbons (Fsp3) is 0.0741. The van der Waals surface area contributed by atoms with E-state index in [9.17, 15) is 9.59 Å². The van der Waals surface area contributed by atoms with Gasteiger partial charge in [-0.3, -0.25) is 14.2 Å². The van der Waals surface area contributed by atoms with Gasteiger partial charge in [-0.1, -0.05) is 35.0 Å². The molecule has 0 bridgehead atoms. The van der Waals surface area contributed by atoms with Crippen LogP contribution in [0, 0.1) is 0 Å². The van der Waals surface area contributed by atoms with E-state index in [1.54, 1.807) is 59.5 Å². The Morgan fingerprint density at radius 1 is 1.08 bits per heavy atom. The summed E-state index contributed by atoms with van der Waals surface area (Å²) < 4.78 is 9.83. The molecule has 1 amide bonds. The summed E-state index contributed by atoms with van der Waals surface area (Å²) in [5.74, 6) is 0.881. The zero-order valence-corrected chi connectivity index (χ0v) is 21.8. The number of H-pyrrole nitrogens is 1. The highest BCUT2D eigenvalue weighted by Gasteiger charge is 2.14. The van der Waals surface area contributed by atoms with E-state index in [4.69, 9.17) is 16.3 Å². The molecular formula is C27H20ClN7O3S. The summed E-state index contributed by atoms with van der Waals surface area (Å²) in [6, 6.07) is 21.4. The van der Waals surface area contributed by atoms with Gasteiger partial charge in [0.05, 0.1) is 38.7 Å². The van der Waals surface area contributed by atoms with E-state index in [0.29, 0.717) is 37.9 Å². The summed E-state index contributed by atoms with van der Waals surface area (Å²) in [4.78, 5) is 33.2. The molecule has 0 spiro atoms. The second-order valence-corrected chi connectivity index (χ2v) is 10.2. The number of nitrogens with zero attached hydrogens (tertiary/aromatic N) is 5. The number of pyridine rings is 1. The van der Waals surface area contributed by atoms with E-state index >= 15 is 0 Å². The molecule has 0 atom stereocenters. The van der Waals surface area contributed by atoms with Crippen LogP contribution in [0.25, 0.3) is 22.4 Å². The fourth-order valence-electron chi connectivity index (χ4n) is 4.01. The van der Waals surface area contributed by atoms with Crippen LogP contribution in [0.5, 0.6) is 5.75 Å². The van der Waals surface area contributed by atoms with Crippen molar-refractivity contribution in [3.63, 3.8) is 0 Å². The van der Waals surface area contributed by atoms with Gasteiger partial charge < -0.3 is 15.0 Å². The molecule has 194 valence electrons. The smallest absolute Gasteiger partial charge is 0.261 e. The lowest BCUT2D eigenvalue weighted by Gasteiger charge is -2.13. The van der Waals surface area contributed by atoms with Crippen LogP contribution < -0.4 is 15.6 Å². The lowest BCUT2D eigenvalue weighted by Crippen LogP contribution is -2.21. The van der Waals surface area contributed by atoms with Crippen molar-refractivity contribution < 1.29 is 9.53 Å². The maximum Gasteiger partial charge on any atom is 0.261 e. The van der Waals surface area contributed by atoms with Crippen LogP contribution >= 0.6 is 22.9 Å². The molecule has 0 aliphatic heterocycles. The lowest BCUT2D eigenvalue weighted by atomic mass is 10.2. The summed E-state index contributed by atoms with van der Waals surface area (Å²) >= 11 is 7.13. The molecule has 6 aromatic rings. The predicted octanol–water partition coefficient (Wildman–Crippen LogP) is 4.52. The van der Waals surface area contributed by atoms with Crippen LogP contribution in [-0.2, 0) is 13.2 Å². The molecule has 0 fully saturated rings. The number of imidazole rings is 1. The van der Waals surface area contributed by atoms with E-state index in [1.807, 2.05) is 24.3 Å². The summed E-state index contributed by atoms with van der Waals surface area (Å²) in [5.41, 5.74) is 3.37. The Bertz CT molecular complexity index is 1820. The number of nitrogens with one attached hydrogen (secondary N) is 2. The highest BCUT2D eigenvalue weighted by Crippen LogP contribution is 2.27. The molecule has 0 saturated heterocycles. The molecule has 0 radical (unpaired) electrons. The Morgan fingerprint density at radius 3 is 2.77 bits per heavy atom. The maximum absolute atomic E-state index is 12.4. The van der Waals surface area contributed by atoms with Gasteiger partial charge in [0.25, 0.3) is 11.5 Å². The molecule has 2 aromatic carbocycles. The Labute approximate surface area is 230 Å². The van der Waals surface area contributed by atoms with Gasteiger partial charge in [0.2, 0.25) is 0 Å². The number of para-hydroxylation sites is 2. The molecule has 2 N–H and O–H groups in total. The van der Waals surface area contributed by atoms with E-state index in [1.165, 1.54) is 22.0 Å². The van der Waals surface area contributed by atoms with E-state index in [-0.39, 0.29) is 24.6 Å². The first-order valence-electron chi connectivity index (χ1n) is 11.9. The minimum absolute atomic E-state index is 0.163. The molecule has 6 rings (SSSR count). The number of aromatic amines is 1. The van der Waals surface area contributed by atoms with Gasteiger partial charge in [-0.2, -0.15) is 0 Å². The number of ether oxygens (including phenoxy) is 1. The average Bonchev–Trinajstić information content (AvgIpc) is 3.70. The minimum Gasteiger partial charge on any atom is -0.483 e. The third-order valence-corrected chi connectivity index (χ3v) is 7.09. The van der Waals surface area contributed by atoms with Crippen LogP contribution in [0.15, 0.2) is 90.0 Å². The van der Waals surface area contributed by atoms with Crippen molar-refractivity contribution in [2.24, 2.45) is 0 Å². The van der Waals surface area contributed by atoms with Crippen LogP contribution in [-0.4, -0.2) is 35.4 Å². The first kappa shape index (κ1) is 24.6. The third-order valence-electron chi connectivity index (χ3n) is 5.86. The first-order chi connectivity index (χ1) is 19.0. The number of halogens is 1. The zero-order chi connectivity index (χ0) is 26.8. The molecular weight excluding hydrogens is 538 g/mol. The molecule has 0 saturated carbocycles. The Morgan fingerprint density at radius 2 is 1.95 bits per heavy atom. The molecule has 0 unspecified atom stereocenters. The van der Waals surface area contributed by atoms with Gasteiger partial charge in [-0.15, -0.1) is 16.4 Å². The summed E-state index contributed by atoms with van der Waals surface area (Å²) in [7, 11) is 0. The van der Waals surface area contributed by atoms with Gasteiger partial charge in [0.15, 0.2) is 0 Å². The number of aromatic nitrogens is 6. The maximum atomic E-state index is 12.4. The second kappa shape index (κ2) is 10.6. The summed E-state index contributed by atoms with van der Waals surface area (Å²) in [6.45, 7) is 0.344. The number of fused-ring (bicyclic) bond motifs is 1. The largest absolute Gasteiger partial charge is 0.483 e.